The summed E-state index contributed by atoms with van der Waals surface area (Å²) in [6.07, 6.45) is 0.0151. The molecular weight excluding hydrogens is 342 g/mol. The molecule has 3 aromatic rings. The van der Waals surface area contributed by atoms with Crippen LogP contribution in [0.5, 0.6) is 0 Å². The summed E-state index contributed by atoms with van der Waals surface area (Å²) in [6, 6.07) is 14.5. The first-order valence-electron chi connectivity index (χ1n) is 8.70. The number of carbonyl (C=O) groups is 2. The van der Waals surface area contributed by atoms with Crippen LogP contribution in [0.1, 0.15) is 23.6 Å². The molecule has 136 valence electrons. The van der Waals surface area contributed by atoms with E-state index in [0.717, 1.165) is 16.7 Å². The Labute approximate surface area is 156 Å². The van der Waals surface area contributed by atoms with Crippen LogP contribution in [0, 0.1) is 13.8 Å². The molecule has 1 aromatic heterocycles. The minimum absolute atomic E-state index is 0.0151. The number of nitrogens with zero attached hydrogens (tertiary/aromatic N) is 3. The molecule has 4 rings (SSSR count). The van der Waals surface area contributed by atoms with Crippen LogP contribution in [0.25, 0.3) is 11.4 Å². The van der Waals surface area contributed by atoms with Gasteiger partial charge in [0.1, 0.15) is 6.04 Å². The zero-order valence-corrected chi connectivity index (χ0v) is 15.1. The van der Waals surface area contributed by atoms with Gasteiger partial charge < -0.3 is 5.32 Å². The van der Waals surface area contributed by atoms with E-state index < -0.39 is 6.04 Å². The highest BCUT2D eigenvalue weighted by Crippen LogP contribution is 2.27. The standard InChI is InChI=1S/C20H19N5O2/c1-12-8-13(2)10-15(9-12)21-19(27)16-11-17(26)22-20-23-18(24-25(16)20)14-6-4-3-5-7-14/h3-10,16H,11H2,1-2H3,(H,21,27)(H,22,23,24,26). The number of fused-ring (bicyclic) bond motifs is 1. The molecule has 27 heavy (non-hydrogen) atoms. The monoisotopic (exact) mass is 361 g/mol. The Hall–Kier alpha value is -3.48. The van der Waals surface area contributed by atoms with Gasteiger partial charge in [-0.15, -0.1) is 5.10 Å². The second kappa shape index (κ2) is 6.68. The SMILES string of the molecule is Cc1cc(C)cc(NC(=O)C2CC(=O)Nc3nc(-c4ccccc4)nn32)c1. The Kier molecular flexibility index (Phi) is 4.19. The van der Waals surface area contributed by atoms with Gasteiger partial charge in [-0.25, -0.2) is 4.68 Å². The van der Waals surface area contributed by atoms with Crippen LogP contribution in [0.15, 0.2) is 48.5 Å². The van der Waals surface area contributed by atoms with Gasteiger partial charge in [-0.05, 0) is 37.1 Å². The Morgan fingerprint density at radius 2 is 1.85 bits per heavy atom. The molecule has 0 spiro atoms. The normalized spacial score (nSPS) is 15.8. The molecule has 1 atom stereocenters. The predicted octanol–water partition coefficient (Wildman–Crippen LogP) is 3.08. The number of rotatable bonds is 3. The van der Waals surface area contributed by atoms with Crippen molar-refractivity contribution in [3.63, 3.8) is 0 Å². The van der Waals surface area contributed by atoms with Gasteiger partial charge in [-0.3, -0.25) is 14.9 Å². The first-order chi connectivity index (χ1) is 13.0. The molecule has 0 saturated carbocycles. The summed E-state index contributed by atoms with van der Waals surface area (Å²) in [5.74, 6) is 0.207. The number of carbonyl (C=O) groups excluding carboxylic acids is 2. The minimum Gasteiger partial charge on any atom is -0.324 e. The lowest BCUT2D eigenvalue weighted by atomic mass is 10.1. The Bertz CT molecular complexity index is 1010. The fourth-order valence-electron chi connectivity index (χ4n) is 3.25. The second-order valence-corrected chi connectivity index (χ2v) is 6.70. The average Bonchev–Trinajstić information content (AvgIpc) is 3.04. The predicted molar refractivity (Wildman–Crippen MR) is 102 cm³/mol. The molecule has 2 N–H and O–H groups in total. The Morgan fingerprint density at radius 3 is 2.56 bits per heavy atom. The number of nitrogens with one attached hydrogen (secondary N) is 2. The van der Waals surface area contributed by atoms with Crippen LogP contribution in [0.3, 0.4) is 0 Å². The van der Waals surface area contributed by atoms with Gasteiger partial charge in [0.2, 0.25) is 17.8 Å². The van der Waals surface area contributed by atoms with Gasteiger partial charge in [0.25, 0.3) is 0 Å². The molecule has 0 radical (unpaired) electrons. The second-order valence-electron chi connectivity index (χ2n) is 6.70. The van der Waals surface area contributed by atoms with Crippen LogP contribution in [-0.2, 0) is 9.59 Å². The molecule has 1 unspecified atom stereocenters. The van der Waals surface area contributed by atoms with Crippen molar-refractivity contribution in [2.45, 2.75) is 26.3 Å². The molecule has 0 bridgehead atoms. The molecule has 1 aliphatic heterocycles. The lowest BCUT2D eigenvalue weighted by Crippen LogP contribution is -2.36. The number of aryl methyl sites for hydroxylation is 2. The summed E-state index contributed by atoms with van der Waals surface area (Å²) < 4.78 is 1.49. The van der Waals surface area contributed by atoms with Gasteiger partial charge in [0, 0.05) is 11.3 Å². The van der Waals surface area contributed by atoms with Gasteiger partial charge in [0.15, 0.2) is 5.82 Å². The third-order valence-electron chi connectivity index (χ3n) is 4.38. The first kappa shape index (κ1) is 17.0. The maximum Gasteiger partial charge on any atom is 0.249 e. The number of hydrogen-bond acceptors (Lipinski definition) is 4. The van der Waals surface area contributed by atoms with E-state index in [4.69, 9.17) is 0 Å². The molecule has 2 amide bonds. The van der Waals surface area contributed by atoms with Gasteiger partial charge in [-0.1, -0.05) is 36.4 Å². The number of amides is 2. The molecule has 7 nitrogen and oxygen atoms in total. The number of aromatic nitrogens is 3. The average molecular weight is 361 g/mol. The summed E-state index contributed by atoms with van der Waals surface area (Å²) in [4.78, 5) is 29.3. The van der Waals surface area contributed by atoms with Crippen molar-refractivity contribution in [1.29, 1.82) is 0 Å². The topological polar surface area (TPSA) is 88.9 Å². The van der Waals surface area contributed by atoms with Crippen molar-refractivity contribution in [2.24, 2.45) is 0 Å². The van der Waals surface area contributed by atoms with Gasteiger partial charge in [0.05, 0.1) is 6.42 Å². The molecule has 1 aliphatic rings. The maximum atomic E-state index is 12.9. The zero-order chi connectivity index (χ0) is 19.0. The van der Waals surface area contributed by atoms with Crippen LogP contribution in [-0.4, -0.2) is 26.6 Å². The highest BCUT2D eigenvalue weighted by atomic mass is 16.2. The molecule has 0 saturated heterocycles. The summed E-state index contributed by atoms with van der Waals surface area (Å²) >= 11 is 0. The quantitative estimate of drug-likeness (QED) is 0.750. The summed E-state index contributed by atoms with van der Waals surface area (Å²) in [5, 5.41) is 10.0. The van der Waals surface area contributed by atoms with E-state index in [1.807, 2.05) is 62.4 Å². The minimum atomic E-state index is -0.750. The van der Waals surface area contributed by atoms with E-state index in [9.17, 15) is 9.59 Å². The van der Waals surface area contributed by atoms with Gasteiger partial charge >= 0.3 is 0 Å². The Morgan fingerprint density at radius 1 is 1.15 bits per heavy atom. The molecule has 2 heterocycles. The fraction of sp³-hybridized carbons (Fsp3) is 0.200. The molecule has 0 aliphatic carbocycles. The van der Waals surface area contributed by atoms with E-state index in [2.05, 4.69) is 20.7 Å². The van der Waals surface area contributed by atoms with Crippen molar-refractivity contribution in [3.8, 4) is 11.4 Å². The zero-order valence-electron chi connectivity index (χ0n) is 15.1. The summed E-state index contributed by atoms with van der Waals surface area (Å²) in [6.45, 7) is 3.94. The van der Waals surface area contributed by atoms with E-state index in [1.165, 1.54) is 4.68 Å². The third kappa shape index (κ3) is 3.44. The van der Waals surface area contributed by atoms with E-state index in [1.54, 1.807) is 0 Å². The lowest BCUT2D eigenvalue weighted by molar-refractivity contribution is -0.125. The van der Waals surface area contributed by atoms with E-state index in [0.29, 0.717) is 11.5 Å². The summed E-state index contributed by atoms with van der Waals surface area (Å²) in [7, 11) is 0. The number of anilines is 2. The van der Waals surface area contributed by atoms with Crippen molar-refractivity contribution in [2.75, 3.05) is 10.6 Å². The van der Waals surface area contributed by atoms with Crippen molar-refractivity contribution >= 4 is 23.5 Å². The van der Waals surface area contributed by atoms with Crippen molar-refractivity contribution in [3.05, 3.63) is 59.7 Å². The first-order valence-corrected chi connectivity index (χ1v) is 8.70. The molecule has 0 fully saturated rings. The van der Waals surface area contributed by atoms with Crippen LogP contribution in [0.4, 0.5) is 11.6 Å². The molecule has 2 aromatic carbocycles. The third-order valence-corrected chi connectivity index (χ3v) is 4.38. The highest BCUT2D eigenvalue weighted by molar-refractivity contribution is 6.00. The lowest BCUT2D eigenvalue weighted by Gasteiger charge is -2.22. The molecule has 7 heteroatoms. The Balaban J connectivity index is 1.65. The van der Waals surface area contributed by atoms with E-state index in [-0.39, 0.29) is 24.2 Å². The van der Waals surface area contributed by atoms with Crippen molar-refractivity contribution in [1.82, 2.24) is 14.8 Å². The largest absolute Gasteiger partial charge is 0.324 e. The van der Waals surface area contributed by atoms with Crippen LogP contribution >= 0.6 is 0 Å². The fourth-order valence-corrected chi connectivity index (χ4v) is 3.25. The van der Waals surface area contributed by atoms with Crippen LogP contribution in [0.2, 0.25) is 0 Å². The molecular formula is C20H19N5O2. The smallest absolute Gasteiger partial charge is 0.249 e. The summed E-state index contributed by atoms with van der Waals surface area (Å²) in [5.41, 5.74) is 3.63. The van der Waals surface area contributed by atoms with Crippen LogP contribution < -0.4 is 10.6 Å². The van der Waals surface area contributed by atoms with Gasteiger partial charge in [-0.2, -0.15) is 4.98 Å². The number of hydrogen-bond donors (Lipinski definition) is 2. The van der Waals surface area contributed by atoms with E-state index >= 15 is 0 Å². The highest BCUT2D eigenvalue weighted by Gasteiger charge is 2.33. The van der Waals surface area contributed by atoms with Crippen molar-refractivity contribution < 1.29 is 9.59 Å². The number of benzene rings is 2. The maximum absolute atomic E-state index is 12.9.